The SMILES string of the molecule is CC(C)(C)C(Br)c1ccc([N+](=O)[O-])cc1. The summed E-state index contributed by atoms with van der Waals surface area (Å²) in [6, 6.07) is 6.66. The van der Waals surface area contributed by atoms with Crippen LogP contribution in [0.1, 0.15) is 31.2 Å². The second kappa shape index (κ2) is 4.31. The molecule has 0 aliphatic heterocycles. The van der Waals surface area contributed by atoms with Crippen molar-refractivity contribution in [2.75, 3.05) is 0 Å². The van der Waals surface area contributed by atoms with Gasteiger partial charge >= 0.3 is 0 Å². The molecule has 1 unspecified atom stereocenters. The smallest absolute Gasteiger partial charge is 0.258 e. The molecule has 1 atom stereocenters. The van der Waals surface area contributed by atoms with E-state index in [-0.39, 0.29) is 20.9 Å². The van der Waals surface area contributed by atoms with Crippen molar-refractivity contribution in [1.29, 1.82) is 0 Å². The maximum atomic E-state index is 10.5. The van der Waals surface area contributed by atoms with Crippen LogP contribution in [0.25, 0.3) is 0 Å². The van der Waals surface area contributed by atoms with E-state index in [4.69, 9.17) is 0 Å². The average molecular weight is 272 g/mol. The fourth-order valence-corrected chi connectivity index (χ4v) is 1.57. The largest absolute Gasteiger partial charge is 0.269 e. The molecule has 4 heteroatoms. The average Bonchev–Trinajstić information content (AvgIpc) is 2.15. The molecule has 0 saturated heterocycles. The van der Waals surface area contributed by atoms with Gasteiger partial charge in [-0.2, -0.15) is 0 Å². The summed E-state index contributed by atoms with van der Waals surface area (Å²) in [7, 11) is 0. The lowest BCUT2D eigenvalue weighted by Crippen LogP contribution is -2.12. The fraction of sp³-hybridized carbons (Fsp3) is 0.455. The number of hydrogen-bond donors (Lipinski definition) is 0. The van der Waals surface area contributed by atoms with Crippen LogP contribution in [-0.2, 0) is 0 Å². The van der Waals surface area contributed by atoms with Gasteiger partial charge in [0, 0.05) is 17.0 Å². The van der Waals surface area contributed by atoms with E-state index in [2.05, 4.69) is 36.7 Å². The number of alkyl halides is 1. The lowest BCUT2D eigenvalue weighted by atomic mass is 9.88. The molecule has 82 valence electrons. The van der Waals surface area contributed by atoms with Crippen LogP contribution in [0.2, 0.25) is 0 Å². The van der Waals surface area contributed by atoms with E-state index in [9.17, 15) is 10.1 Å². The van der Waals surface area contributed by atoms with E-state index in [0.29, 0.717) is 0 Å². The first-order chi connectivity index (χ1) is 6.82. The van der Waals surface area contributed by atoms with Crippen molar-refractivity contribution in [2.24, 2.45) is 5.41 Å². The Bertz CT molecular complexity index is 354. The summed E-state index contributed by atoms with van der Waals surface area (Å²) in [5, 5.41) is 10.5. The topological polar surface area (TPSA) is 43.1 Å². The van der Waals surface area contributed by atoms with Gasteiger partial charge in [0.15, 0.2) is 0 Å². The van der Waals surface area contributed by atoms with Crippen molar-refractivity contribution in [3.8, 4) is 0 Å². The van der Waals surface area contributed by atoms with E-state index >= 15 is 0 Å². The lowest BCUT2D eigenvalue weighted by Gasteiger charge is -2.25. The molecule has 15 heavy (non-hydrogen) atoms. The van der Waals surface area contributed by atoms with Crippen molar-refractivity contribution in [2.45, 2.75) is 25.6 Å². The molecule has 1 aromatic carbocycles. The third-order valence-electron chi connectivity index (χ3n) is 2.16. The summed E-state index contributed by atoms with van der Waals surface area (Å²) >= 11 is 3.60. The third kappa shape index (κ3) is 3.02. The second-order valence-corrected chi connectivity index (χ2v) is 5.49. The zero-order valence-electron chi connectivity index (χ0n) is 9.03. The molecular formula is C11H14BrNO2. The normalized spacial score (nSPS) is 13.6. The predicted octanol–water partition coefficient (Wildman–Crippen LogP) is 4.08. The quantitative estimate of drug-likeness (QED) is 0.462. The molecule has 1 rings (SSSR count). The highest BCUT2D eigenvalue weighted by Crippen LogP contribution is 2.40. The number of nitro groups is 1. The van der Waals surface area contributed by atoms with Gasteiger partial charge in [-0.1, -0.05) is 48.8 Å². The molecule has 0 spiro atoms. The molecule has 0 fully saturated rings. The Balaban J connectivity index is 2.94. The van der Waals surface area contributed by atoms with Gasteiger partial charge in [0.05, 0.1) is 4.92 Å². The maximum absolute atomic E-state index is 10.5. The molecule has 0 amide bonds. The van der Waals surface area contributed by atoms with Crippen molar-refractivity contribution in [3.05, 3.63) is 39.9 Å². The summed E-state index contributed by atoms with van der Waals surface area (Å²) in [5.74, 6) is 0. The van der Waals surface area contributed by atoms with Crippen LogP contribution in [-0.4, -0.2) is 4.92 Å². The highest BCUT2D eigenvalue weighted by atomic mass is 79.9. The zero-order chi connectivity index (χ0) is 11.6. The first-order valence-corrected chi connectivity index (χ1v) is 5.62. The van der Waals surface area contributed by atoms with Crippen LogP contribution >= 0.6 is 15.9 Å². The van der Waals surface area contributed by atoms with Crippen molar-refractivity contribution >= 4 is 21.6 Å². The fourth-order valence-electron chi connectivity index (χ4n) is 1.27. The predicted molar refractivity (Wildman–Crippen MR) is 64.2 cm³/mol. The number of nitrogens with zero attached hydrogens (tertiary/aromatic N) is 1. The highest BCUT2D eigenvalue weighted by Gasteiger charge is 2.23. The van der Waals surface area contributed by atoms with Crippen molar-refractivity contribution < 1.29 is 4.92 Å². The van der Waals surface area contributed by atoms with Crippen LogP contribution in [0.15, 0.2) is 24.3 Å². The zero-order valence-corrected chi connectivity index (χ0v) is 10.6. The van der Waals surface area contributed by atoms with E-state index < -0.39 is 0 Å². The van der Waals surface area contributed by atoms with Gasteiger partial charge in [0.1, 0.15) is 0 Å². The summed E-state index contributed by atoms with van der Waals surface area (Å²) in [4.78, 5) is 10.3. The number of benzene rings is 1. The molecule has 1 aromatic rings. The monoisotopic (exact) mass is 271 g/mol. The summed E-state index contributed by atoms with van der Waals surface area (Å²) < 4.78 is 0. The number of hydrogen-bond acceptors (Lipinski definition) is 2. The van der Waals surface area contributed by atoms with Crippen LogP contribution in [0.4, 0.5) is 5.69 Å². The van der Waals surface area contributed by atoms with Gasteiger partial charge in [-0.25, -0.2) is 0 Å². The van der Waals surface area contributed by atoms with Crippen LogP contribution in [0.5, 0.6) is 0 Å². The number of halogens is 1. The second-order valence-electron chi connectivity index (χ2n) is 4.58. The van der Waals surface area contributed by atoms with E-state index in [1.165, 1.54) is 12.1 Å². The Morgan fingerprint density at radius 2 is 1.73 bits per heavy atom. The van der Waals surface area contributed by atoms with Gasteiger partial charge in [0.25, 0.3) is 5.69 Å². The Morgan fingerprint density at radius 3 is 2.07 bits per heavy atom. The summed E-state index contributed by atoms with van der Waals surface area (Å²) in [5.41, 5.74) is 1.29. The molecule has 0 saturated carbocycles. The molecule has 0 aromatic heterocycles. The minimum atomic E-state index is -0.385. The first kappa shape index (κ1) is 12.2. The van der Waals surface area contributed by atoms with E-state index in [1.54, 1.807) is 12.1 Å². The molecule has 0 radical (unpaired) electrons. The summed E-state index contributed by atoms with van der Waals surface area (Å²) in [6.45, 7) is 6.36. The van der Waals surface area contributed by atoms with E-state index in [0.717, 1.165) is 5.56 Å². The Hall–Kier alpha value is -0.900. The molecule has 0 bridgehead atoms. The van der Waals surface area contributed by atoms with Crippen LogP contribution < -0.4 is 0 Å². The molecule has 0 aliphatic rings. The number of non-ortho nitro benzene ring substituents is 1. The van der Waals surface area contributed by atoms with Gasteiger partial charge in [-0.05, 0) is 11.0 Å². The number of rotatable bonds is 2. The first-order valence-electron chi connectivity index (χ1n) is 4.71. The summed E-state index contributed by atoms with van der Waals surface area (Å²) in [6.07, 6.45) is 0. The Kier molecular flexibility index (Phi) is 3.50. The van der Waals surface area contributed by atoms with Gasteiger partial charge in [-0.3, -0.25) is 10.1 Å². The molecule has 0 aliphatic carbocycles. The molecular weight excluding hydrogens is 258 g/mol. The third-order valence-corrected chi connectivity index (χ3v) is 4.06. The highest BCUT2D eigenvalue weighted by molar-refractivity contribution is 9.09. The van der Waals surface area contributed by atoms with Gasteiger partial charge < -0.3 is 0 Å². The van der Waals surface area contributed by atoms with E-state index in [1.807, 2.05) is 0 Å². The molecule has 0 N–H and O–H groups in total. The number of nitro benzene ring substituents is 1. The standard InChI is InChI=1S/C11H14BrNO2/c1-11(2,3)10(12)8-4-6-9(7-5-8)13(14)15/h4-7,10H,1-3H3. The molecule has 3 nitrogen and oxygen atoms in total. The van der Waals surface area contributed by atoms with Gasteiger partial charge in [0.2, 0.25) is 0 Å². The van der Waals surface area contributed by atoms with Crippen molar-refractivity contribution in [3.63, 3.8) is 0 Å². The van der Waals surface area contributed by atoms with Crippen LogP contribution in [0, 0.1) is 15.5 Å². The Morgan fingerprint density at radius 1 is 1.27 bits per heavy atom. The van der Waals surface area contributed by atoms with Gasteiger partial charge in [-0.15, -0.1) is 0 Å². The van der Waals surface area contributed by atoms with Crippen molar-refractivity contribution in [1.82, 2.24) is 0 Å². The maximum Gasteiger partial charge on any atom is 0.269 e. The minimum Gasteiger partial charge on any atom is -0.258 e. The lowest BCUT2D eigenvalue weighted by molar-refractivity contribution is -0.384. The Labute approximate surface area is 97.8 Å². The molecule has 0 heterocycles. The van der Waals surface area contributed by atoms with Crippen LogP contribution in [0.3, 0.4) is 0 Å². The minimum absolute atomic E-state index is 0.0934.